The van der Waals surface area contributed by atoms with Crippen LogP contribution >= 0.6 is 0 Å². The number of aliphatic imine (C=N–C) groups is 1. The number of benzene rings is 1. The van der Waals surface area contributed by atoms with Gasteiger partial charge in [-0.15, -0.1) is 0 Å². The van der Waals surface area contributed by atoms with Gasteiger partial charge in [0.15, 0.2) is 11.6 Å². The van der Waals surface area contributed by atoms with Crippen molar-refractivity contribution in [1.82, 2.24) is 0 Å². The van der Waals surface area contributed by atoms with Crippen LogP contribution < -0.4 is 10.5 Å². The van der Waals surface area contributed by atoms with E-state index in [9.17, 15) is 4.39 Å². The van der Waals surface area contributed by atoms with Crippen LogP contribution in [0.3, 0.4) is 0 Å². The van der Waals surface area contributed by atoms with Crippen LogP contribution in [0.5, 0.6) is 5.75 Å². The first-order valence-corrected chi connectivity index (χ1v) is 4.84. The third kappa shape index (κ3) is 3.23. The summed E-state index contributed by atoms with van der Waals surface area (Å²) in [6.07, 6.45) is 1.64. The summed E-state index contributed by atoms with van der Waals surface area (Å²) >= 11 is 0. The van der Waals surface area contributed by atoms with Gasteiger partial charge in [0.2, 0.25) is 0 Å². The lowest BCUT2D eigenvalue weighted by atomic mass is 10.3. The molecule has 0 heterocycles. The summed E-state index contributed by atoms with van der Waals surface area (Å²) in [5, 5.41) is 0. The molecule has 15 heavy (non-hydrogen) atoms. The summed E-state index contributed by atoms with van der Waals surface area (Å²) in [7, 11) is 1.42. The highest BCUT2D eigenvalue weighted by molar-refractivity contribution is 5.83. The van der Waals surface area contributed by atoms with Gasteiger partial charge in [0, 0.05) is 12.5 Å². The Kier molecular flexibility index (Phi) is 4.09. The molecule has 4 heteroatoms. The first-order valence-electron chi connectivity index (χ1n) is 4.84. The number of methoxy groups -OCH3 is 1. The third-order valence-corrected chi connectivity index (χ3v) is 1.91. The zero-order valence-electron chi connectivity index (χ0n) is 8.96. The SMILES string of the molecule is CCCC(N)=Nc1ccc(OC)c(F)c1. The molecule has 0 amide bonds. The predicted molar refractivity (Wildman–Crippen MR) is 59.1 cm³/mol. The van der Waals surface area contributed by atoms with Crippen LogP contribution in [0.4, 0.5) is 10.1 Å². The summed E-state index contributed by atoms with van der Waals surface area (Å²) in [4.78, 5) is 4.08. The van der Waals surface area contributed by atoms with Gasteiger partial charge < -0.3 is 10.5 Å². The maximum atomic E-state index is 13.3. The number of ether oxygens (including phenoxy) is 1. The second-order valence-corrected chi connectivity index (χ2v) is 3.17. The molecule has 82 valence electrons. The van der Waals surface area contributed by atoms with Gasteiger partial charge >= 0.3 is 0 Å². The van der Waals surface area contributed by atoms with E-state index in [4.69, 9.17) is 10.5 Å². The predicted octanol–water partition coefficient (Wildman–Crippen LogP) is 2.62. The topological polar surface area (TPSA) is 47.6 Å². The van der Waals surface area contributed by atoms with E-state index in [1.807, 2.05) is 6.92 Å². The van der Waals surface area contributed by atoms with Crippen LogP contribution in [0.2, 0.25) is 0 Å². The van der Waals surface area contributed by atoms with Crippen molar-refractivity contribution in [2.75, 3.05) is 7.11 Å². The Balaban J connectivity index is 2.88. The summed E-state index contributed by atoms with van der Waals surface area (Å²) in [5.74, 6) is 0.299. The van der Waals surface area contributed by atoms with Gasteiger partial charge in [-0.2, -0.15) is 0 Å². The fourth-order valence-electron chi connectivity index (χ4n) is 1.20. The zero-order valence-corrected chi connectivity index (χ0v) is 8.96. The molecular formula is C11H15FN2O. The molecule has 0 unspecified atom stereocenters. The molecule has 0 atom stereocenters. The van der Waals surface area contributed by atoms with Gasteiger partial charge in [0.05, 0.1) is 18.6 Å². The number of halogens is 1. The lowest BCUT2D eigenvalue weighted by Crippen LogP contribution is -2.09. The number of rotatable bonds is 4. The second kappa shape index (κ2) is 5.34. The second-order valence-electron chi connectivity index (χ2n) is 3.17. The highest BCUT2D eigenvalue weighted by atomic mass is 19.1. The molecule has 1 rings (SSSR count). The minimum atomic E-state index is -0.428. The van der Waals surface area contributed by atoms with Crippen molar-refractivity contribution in [3.63, 3.8) is 0 Å². The Bertz CT molecular complexity index is 364. The van der Waals surface area contributed by atoms with Crippen molar-refractivity contribution < 1.29 is 9.13 Å². The average molecular weight is 210 g/mol. The smallest absolute Gasteiger partial charge is 0.167 e. The number of hydrogen-bond acceptors (Lipinski definition) is 2. The average Bonchev–Trinajstić information content (AvgIpc) is 2.18. The highest BCUT2D eigenvalue weighted by Crippen LogP contribution is 2.22. The van der Waals surface area contributed by atoms with E-state index in [2.05, 4.69) is 4.99 Å². The molecule has 1 aromatic rings. The molecule has 3 nitrogen and oxygen atoms in total. The Morgan fingerprint density at radius 3 is 2.80 bits per heavy atom. The Morgan fingerprint density at radius 2 is 2.27 bits per heavy atom. The van der Waals surface area contributed by atoms with E-state index < -0.39 is 5.82 Å². The van der Waals surface area contributed by atoms with Crippen LogP contribution in [0.1, 0.15) is 19.8 Å². The van der Waals surface area contributed by atoms with E-state index in [1.54, 1.807) is 6.07 Å². The minimum absolute atomic E-state index is 0.211. The lowest BCUT2D eigenvalue weighted by molar-refractivity contribution is 0.386. The van der Waals surface area contributed by atoms with Gasteiger partial charge in [-0.3, -0.25) is 0 Å². The van der Waals surface area contributed by atoms with E-state index in [-0.39, 0.29) is 5.75 Å². The first-order chi connectivity index (χ1) is 7.17. The largest absolute Gasteiger partial charge is 0.494 e. The van der Waals surface area contributed by atoms with Gasteiger partial charge in [-0.25, -0.2) is 9.38 Å². The van der Waals surface area contributed by atoms with Gasteiger partial charge in [0.1, 0.15) is 0 Å². The van der Waals surface area contributed by atoms with Crippen LogP contribution in [0, 0.1) is 5.82 Å². The van der Waals surface area contributed by atoms with Gasteiger partial charge in [0.25, 0.3) is 0 Å². The molecule has 0 spiro atoms. The molecule has 0 radical (unpaired) electrons. The van der Waals surface area contributed by atoms with Crippen molar-refractivity contribution in [3.05, 3.63) is 24.0 Å². The Morgan fingerprint density at radius 1 is 1.53 bits per heavy atom. The minimum Gasteiger partial charge on any atom is -0.494 e. The standard InChI is InChI=1S/C11H15FN2O/c1-3-4-11(13)14-8-5-6-10(15-2)9(12)7-8/h5-7H,3-4H2,1-2H3,(H2,13,14). The maximum absolute atomic E-state index is 13.3. The fourth-order valence-corrected chi connectivity index (χ4v) is 1.20. The van der Waals surface area contributed by atoms with Crippen molar-refractivity contribution in [2.24, 2.45) is 10.7 Å². The Labute approximate surface area is 88.8 Å². The normalized spacial score (nSPS) is 11.5. The summed E-state index contributed by atoms with van der Waals surface area (Å²) in [6, 6.07) is 4.51. The van der Waals surface area contributed by atoms with Crippen LogP contribution in [-0.4, -0.2) is 12.9 Å². The quantitative estimate of drug-likeness (QED) is 0.613. The monoisotopic (exact) mass is 210 g/mol. The van der Waals surface area contributed by atoms with Crippen LogP contribution in [0.25, 0.3) is 0 Å². The molecule has 0 aliphatic rings. The fraction of sp³-hybridized carbons (Fsp3) is 0.364. The zero-order chi connectivity index (χ0) is 11.3. The van der Waals surface area contributed by atoms with E-state index in [0.29, 0.717) is 17.9 Å². The number of nitrogens with two attached hydrogens (primary N) is 1. The van der Waals surface area contributed by atoms with Crippen molar-refractivity contribution in [2.45, 2.75) is 19.8 Å². The molecule has 0 aromatic heterocycles. The molecule has 0 aliphatic heterocycles. The van der Waals surface area contributed by atoms with Gasteiger partial charge in [-0.05, 0) is 18.6 Å². The van der Waals surface area contributed by atoms with E-state index in [0.717, 1.165) is 6.42 Å². The Hall–Kier alpha value is -1.58. The molecule has 0 saturated heterocycles. The number of nitrogens with zero attached hydrogens (tertiary/aromatic N) is 1. The molecule has 0 aliphatic carbocycles. The number of hydrogen-bond donors (Lipinski definition) is 1. The molecule has 0 fully saturated rings. The lowest BCUT2D eigenvalue weighted by Gasteiger charge is -2.02. The molecule has 1 aromatic carbocycles. The van der Waals surface area contributed by atoms with Crippen LogP contribution in [0.15, 0.2) is 23.2 Å². The van der Waals surface area contributed by atoms with E-state index in [1.165, 1.54) is 19.2 Å². The molecule has 2 N–H and O–H groups in total. The molecular weight excluding hydrogens is 195 g/mol. The highest BCUT2D eigenvalue weighted by Gasteiger charge is 2.02. The summed E-state index contributed by atoms with van der Waals surface area (Å²) in [6.45, 7) is 2.01. The van der Waals surface area contributed by atoms with Crippen molar-refractivity contribution >= 4 is 11.5 Å². The van der Waals surface area contributed by atoms with Crippen LogP contribution in [-0.2, 0) is 0 Å². The molecule has 0 bridgehead atoms. The summed E-state index contributed by atoms with van der Waals surface area (Å²) in [5.41, 5.74) is 6.15. The maximum Gasteiger partial charge on any atom is 0.167 e. The van der Waals surface area contributed by atoms with Crippen molar-refractivity contribution in [3.8, 4) is 5.75 Å². The van der Waals surface area contributed by atoms with Crippen molar-refractivity contribution in [1.29, 1.82) is 0 Å². The molecule has 0 saturated carbocycles. The third-order valence-electron chi connectivity index (χ3n) is 1.91. The number of amidine groups is 1. The summed E-state index contributed by atoms with van der Waals surface area (Å²) < 4.78 is 18.0. The van der Waals surface area contributed by atoms with Gasteiger partial charge in [-0.1, -0.05) is 6.92 Å². The first kappa shape index (κ1) is 11.5. The van der Waals surface area contributed by atoms with E-state index >= 15 is 0 Å².